The van der Waals surface area contributed by atoms with E-state index in [9.17, 15) is 18.0 Å². The number of carbonyl (C=O) groups is 1. The Morgan fingerprint density at radius 2 is 1.87 bits per heavy atom. The predicted octanol–water partition coefficient (Wildman–Crippen LogP) is 5.48. The fourth-order valence-corrected chi connectivity index (χ4v) is 3.70. The summed E-state index contributed by atoms with van der Waals surface area (Å²) in [4.78, 5) is 17.2. The molecule has 0 aliphatic carbocycles. The second kappa shape index (κ2) is 8.32. The summed E-state index contributed by atoms with van der Waals surface area (Å²) < 4.78 is 49.2. The molecule has 0 aliphatic heterocycles. The van der Waals surface area contributed by atoms with Crippen LogP contribution in [0, 0.1) is 24.4 Å². The summed E-state index contributed by atoms with van der Waals surface area (Å²) in [5.41, 5.74) is 1.59. The van der Waals surface area contributed by atoms with Gasteiger partial charge >= 0.3 is 5.97 Å². The smallest absolute Gasteiger partial charge is 0.313 e. The second-order valence-electron chi connectivity index (χ2n) is 8.60. The lowest BCUT2D eigenvalue weighted by Gasteiger charge is -2.21. The van der Waals surface area contributed by atoms with Crippen LogP contribution in [-0.2, 0) is 14.9 Å². The van der Waals surface area contributed by atoms with Crippen molar-refractivity contribution in [2.24, 2.45) is 0 Å². The highest BCUT2D eigenvalue weighted by atomic mass is 19.2. The molecule has 0 bridgehead atoms. The Labute approximate surface area is 179 Å². The molecule has 0 N–H and O–H groups in total. The molecule has 2 heterocycles. The molecule has 1 unspecified atom stereocenters. The number of benzene rings is 1. The number of aromatic nitrogens is 3. The number of fused-ring (bicyclic) bond motifs is 1. The van der Waals surface area contributed by atoms with Gasteiger partial charge in [-0.1, -0.05) is 34.1 Å². The quantitative estimate of drug-likeness (QED) is 0.395. The lowest BCUT2D eigenvalue weighted by Crippen LogP contribution is -2.19. The molecule has 0 saturated carbocycles. The van der Waals surface area contributed by atoms with Gasteiger partial charge in [-0.15, -0.1) is 0 Å². The number of halogens is 3. The van der Waals surface area contributed by atoms with E-state index < -0.39 is 29.3 Å². The van der Waals surface area contributed by atoms with E-state index in [2.05, 4.69) is 10.1 Å². The molecule has 1 atom stereocenters. The van der Waals surface area contributed by atoms with Crippen LogP contribution in [0.5, 0.6) is 0 Å². The lowest BCUT2D eigenvalue weighted by molar-refractivity contribution is -0.142. The first-order valence-electron chi connectivity index (χ1n) is 10.1. The zero-order valence-electron chi connectivity index (χ0n) is 18.5. The van der Waals surface area contributed by atoms with Crippen LogP contribution >= 0.6 is 0 Å². The van der Waals surface area contributed by atoms with Gasteiger partial charge in [-0.2, -0.15) is 5.10 Å². The molecule has 0 radical (unpaired) electrons. The van der Waals surface area contributed by atoms with Crippen molar-refractivity contribution in [3.05, 3.63) is 52.6 Å². The van der Waals surface area contributed by atoms with Gasteiger partial charge in [0.15, 0.2) is 23.1 Å². The number of hydrogen-bond acceptors (Lipinski definition) is 4. The maximum absolute atomic E-state index is 15.0. The van der Waals surface area contributed by atoms with Crippen molar-refractivity contribution in [1.82, 2.24) is 14.6 Å². The zero-order valence-corrected chi connectivity index (χ0v) is 18.5. The third kappa shape index (κ3) is 4.03. The maximum atomic E-state index is 15.0. The van der Waals surface area contributed by atoms with Gasteiger partial charge in [-0.05, 0) is 25.5 Å². The first kappa shape index (κ1) is 22.8. The molecule has 0 fully saturated rings. The average molecular weight is 433 g/mol. The van der Waals surface area contributed by atoms with Crippen molar-refractivity contribution in [1.29, 1.82) is 0 Å². The van der Waals surface area contributed by atoms with Crippen molar-refractivity contribution in [2.45, 2.75) is 58.8 Å². The van der Waals surface area contributed by atoms with E-state index >= 15 is 0 Å². The van der Waals surface area contributed by atoms with Crippen LogP contribution in [0.15, 0.2) is 18.2 Å². The summed E-state index contributed by atoms with van der Waals surface area (Å²) in [6.07, 6.45) is 1.05. The van der Waals surface area contributed by atoms with Crippen molar-refractivity contribution >= 4 is 11.6 Å². The van der Waals surface area contributed by atoms with Gasteiger partial charge in [-0.25, -0.2) is 22.7 Å². The van der Waals surface area contributed by atoms with E-state index in [0.29, 0.717) is 35.4 Å². The number of rotatable bonds is 5. The average Bonchev–Trinajstić information content (AvgIpc) is 3.14. The summed E-state index contributed by atoms with van der Waals surface area (Å²) in [6.45, 7) is 9.50. The number of nitrogens with zero attached hydrogens (tertiary/aromatic N) is 3. The normalized spacial score (nSPS) is 12.9. The van der Waals surface area contributed by atoms with Crippen molar-refractivity contribution in [2.75, 3.05) is 7.11 Å². The molecular formula is C23H26F3N3O2. The number of hydrogen-bond donors (Lipinski definition) is 0. The van der Waals surface area contributed by atoms with Crippen molar-refractivity contribution < 1.29 is 22.7 Å². The Kier molecular flexibility index (Phi) is 6.11. The zero-order chi connectivity index (χ0) is 23.1. The summed E-state index contributed by atoms with van der Waals surface area (Å²) in [5.74, 6) is -5.51. The third-order valence-corrected chi connectivity index (χ3v) is 5.30. The number of ether oxygens (including phenoxy) is 1. The Balaban J connectivity index is 2.48. The van der Waals surface area contributed by atoms with Gasteiger partial charge in [0.1, 0.15) is 0 Å². The fourth-order valence-electron chi connectivity index (χ4n) is 3.70. The monoisotopic (exact) mass is 433 g/mol. The van der Waals surface area contributed by atoms with Gasteiger partial charge in [-0.3, -0.25) is 4.79 Å². The summed E-state index contributed by atoms with van der Waals surface area (Å²) in [6, 6.07) is 3.79. The standard InChI is InChI=1S/C23H26F3N3O2/c1-7-8-13(22(30)31-6)18-12(2)27-17-11-16(23(3,4)5)28-29(17)21(18)14-9-10-15(24)20(26)19(14)25/h9-11,13H,7-8H2,1-6H3. The highest BCUT2D eigenvalue weighted by Crippen LogP contribution is 2.37. The molecule has 31 heavy (non-hydrogen) atoms. The minimum Gasteiger partial charge on any atom is -0.469 e. The Morgan fingerprint density at radius 1 is 1.19 bits per heavy atom. The van der Waals surface area contributed by atoms with Crippen molar-refractivity contribution in [3.63, 3.8) is 0 Å². The van der Waals surface area contributed by atoms with E-state index in [1.54, 1.807) is 13.0 Å². The topological polar surface area (TPSA) is 56.5 Å². The van der Waals surface area contributed by atoms with Crippen LogP contribution in [0.1, 0.15) is 63.4 Å². The van der Waals surface area contributed by atoms with Crippen LogP contribution in [0.3, 0.4) is 0 Å². The summed E-state index contributed by atoms with van der Waals surface area (Å²) in [5, 5.41) is 4.60. The first-order chi connectivity index (χ1) is 14.5. The van der Waals surface area contributed by atoms with Crippen molar-refractivity contribution in [3.8, 4) is 11.3 Å². The Bertz CT molecular complexity index is 1150. The molecule has 3 rings (SSSR count). The summed E-state index contributed by atoms with van der Waals surface area (Å²) >= 11 is 0. The molecule has 3 aromatic rings. The number of methoxy groups -OCH3 is 1. The molecular weight excluding hydrogens is 407 g/mol. The number of esters is 1. The fraction of sp³-hybridized carbons (Fsp3) is 0.435. The van der Waals surface area contributed by atoms with E-state index in [-0.39, 0.29) is 16.7 Å². The molecule has 0 amide bonds. The van der Waals surface area contributed by atoms with Crippen LogP contribution in [0.25, 0.3) is 16.9 Å². The van der Waals surface area contributed by atoms with Crippen LogP contribution in [0.4, 0.5) is 13.2 Å². The Morgan fingerprint density at radius 3 is 2.45 bits per heavy atom. The maximum Gasteiger partial charge on any atom is 0.313 e. The predicted molar refractivity (Wildman–Crippen MR) is 111 cm³/mol. The number of carbonyl (C=O) groups excluding carboxylic acids is 1. The SMILES string of the molecule is CCCC(C(=O)OC)c1c(C)nc2cc(C(C)(C)C)nn2c1-c1ccc(F)c(F)c1F. The second-order valence-corrected chi connectivity index (χ2v) is 8.60. The van der Waals surface area contributed by atoms with E-state index in [1.807, 2.05) is 27.7 Å². The van der Waals surface area contributed by atoms with Gasteiger partial charge in [0.25, 0.3) is 0 Å². The highest BCUT2D eigenvalue weighted by Gasteiger charge is 2.32. The molecule has 5 nitrogen and oxygen atoms in total. The van der Waals surface area contributed by atoms with E-state index in [0.717, 1.165) is 12.1 Å². The number of aryl methyl sites for hydroxylation is 1. The largest absolute Gasteiger partial charge is 0.469 e. The lowest BCUT2D eigenvalue weighted by atomic mass is 9.89. The van der Waals surface area contributed by atoms with Gasteiger partial charge in [0.2, 0.25) is 0 Å². The van der Waals surface area contributed by atoms with Gasteiger partial charge < -0.3 is 4.74 Å². The highest BCUT2D eigenvalue weighted by molar-refractivity contribution is 5.83. The van der Waals surface area contributed by atoms with Crippen LogP contribution < -0.4 is 0 Å². The van der Waals surface area contributed by atoms with Crippen LogP contribution in [-0.4, -0.2) is 27.7 Å². The first-order valence-corrected chi connectivity index (χ1v) is 10.1. The molecule has 1 aromatic carbocycles. The minimum absolute atomic E-state index is 0.165. The van der Waals surface area contributed by atoms with E-state index in [1.165, 1.54) is 11.6 Å². The van der Waals surface area contributed by atoms with Gasteiger partial charge in [0, 0.05) is 28.3 Å². The molecule has 0 spiro atoms. The van der Waals surface area contributed by atoms with Crippen LogP contribution in [0.2, 0.25) is 0 Å². The molecule has 166 valence electrons. The summed E-state index contributed by atoms with van der Waals surface area (Å²) in [7, 11) is 1.27. The van der Waals surface area contributed by atoms with Gasteiger partial charge in [0.05, 0.1) is 24.4 Å². The molecule has 0 aliphatic rings. The van der Waals surface area contributed by atoms with E-state index in [4.69, 9.17) is 4.74 Å². The molecule has 2 aromatic heterocycles. The molecule has 0 saturated heterocycles. The molecule has 8 heteroatoms. The Hall–Kier alpha value is -2.90. The third-order valence-electron chi connectivity index (χ3n) is 5.30. The minimum atomic E-state index is -1.58.